The molecule has 0 atom stereocenters. The Morgan fingerprint density at radius 3 is 2.32 bits per heavy atom. The molecule has 0 radical (unpaired) electrons. The molecule has 1 amide bonds. The van der Waals surface area contributed by atoms with Crippen molar-refractivity contribution in [2.75, 3.05) is 4.90 Å². The number of hydrazone groups is 1. The number of hydrogen-bond acceptors (Lipinski definition) is 4. The highest BCUT2D eigenvalue weighted by molar-refractivity contribution is 6.54. The molecule has 0 saturated carbocycles. The highest BCUT2D eigenvalue weighted by Crippen LogP contribution is 2.29. The van der Waals surface area contributed by atoms with Crippen LogP contribution in [0, 0.1) is 0 Å². The van der Waals surface area contributed by atoms with Gasteiger partial charge in [0.2, 0.25) is 5.91 Å². The Hall–Kier alpha value is -2.95. The molecule has 0 bridgehead atoms. The number of carbonyl (C=O) groups excluding carboxylic acids is 1. The molecule has 2 aromatic rings. The van der Waals surface area contributed by atoms with Crippen LogP contribution in [0.1, 0.15) is 37.5 Å². The molecule has 3 rings (SSSR count). The molecule has 0 spiro atoms. The van der Waals surface area contributed by atoms with Crippen LogP contribution in [0.15, 0.2) is 58.6 Å². The van der Waals surface area contributed by atoms with Gasteiger partial charge < -0.3 is 10.7 Å². The molecule has 1 aliphatic heterocycles. The number of amides is 1. The van der Waals surface area contributed by atoms with E-state index in [1.165, 1.54) is 0 Å². The minimum Gasteiger partial charge on any atom is -0.323 e. The van der Waals surface area contributed by atoms with Crippen LogP contribution in [0.4, 0.5) is 5.69 Å². The molecule has 5 heteroatoms. The molecule has 0 aliphatic carbocycles. The fraction of sp³-hybridized carbons (Fsp3) is 0.250. The summed E-state index contributed by atoms with van der Waals surface area (Å²) in [5.41, 5.74) is 4.96. The van der Waals surface area contributed by atoms with Gasteiger partial charge in [0, 0.05) is 24.1 Å². The second kappa shape index (κ2) is 6.89. The molecule has 1 heterocycles. The maximum Gasteiger partial charge on any atom is 0.224 e. The summed E-state index contributed by atoms with van der Waals surface area (Å²) in [7, 11) is 0. The van der Waals surface area contributed by atoms with E-state index in [4.69, 9.17) is 10.8 Å². The molecule has 2 N–H and O–H groups in total. The topological polar surface area (TPSA) is 71.0 Å². The second-order valence-corrected chi connectivity index (χ2v) is 6.33. The van der Waals surface area contributed by atoms with Gasteiger partial charge >= 0.3 is 0 Å². The van der Waals surface area contributed by atoms with E-state index in [0.29, 0.717) is 12.3 Å². The van der Waals surface area contributed by atoms with Gasteiger partial charge in [-0.15, -0.1) is 0 Å². The van der Waals surface area contributed by atoms with Gasteiger partial charge in [0.25, 0.3) is 0 Å². The van der Waals surface area contributed by atoms with Crippen LogP contribution < -0.4 is 10.7 Å². The van der Waals surface area contributed by atoms with Crippen LogP contribution in [0.3, 0.4) is 0 Å². The average Bonchev–Trinajstić information content (AvgIpc) is 2.58. The van der Waals surface area contributed by atoms with Crippen molar-refractivity contribution in [1.29, 1.82) is 0 Å². The number of aliphatic imine (C=N–C) groups is 1. The first-order valence-electron chi connectivity index (χ1n) is 8.34. The van der Waals surface area contributed by atoms with Crippen LogP contribution in [0.5, 0.6) is 0 Å². The van der Waals surface area contributed by atoms with Crippen molar-refractivity contribution in [3.8, 4) is 0 Å². The minimum atomic E-state index is -0.0251. The van der Waals surface area contributed by atoms with E-state index < -0.39 is 0 Å². The second-order valence-electron chi connectivity index (χ2n) is 6.33. The molecular weight excluding hydrogens is 312 g/mol. The van der Waals surface area contributed by atoms with Crippen molar-refractivity contribution in [2.24, 2.45) is 15.9 Å². The molecular formula is C20H22N4O. The molecule has 0 aromatic heterocycles. The first-order chi connectivity index (χ1) is 12.0. The van der Waals surface area contributed by atoms with E-state index >= 15 is 0 Å². The van der Waals surface area contributed by atoms with Crippen molar-refractivity contribution in [2.45, 2.75) is 33.4 Å². The molecule has 0 fully saturated rings. The fourth-order valence-corrected chi connectivity index (χ4v) is 3.11. The summed E-state index contributed by atoms with van der Waals surface area (Å²) >= 11 is 0. The van der Waals surface area contributed by atoms with Crippen LogP contribution in [0.2, 0.25) is 0 Å². The third-order valence-corrected chi connectivity index (χ3v) is 4.17. The standard InChI is InChI=1S/C20H22N4O/c1-13(2)22-19-16-9-5-4-8-15(16)12-24(14(3)25)18-11-7-6-10-17(18)20(19)23-21/h4-11,13H,12,21H2,1-3H3/b22-19?,23-20-. The highest BCUT2D eigenvalue weighted by Gasteiger charge is 2.27. The molecule has 128 valence electrons. The van der Waals surface area contributed by atoms with Crippen molar-refractivity contribution in [3.05, 3.63) is 65.2 Å². The van der Waals surface area contributed by atoms with E-state index in [1.54, 1.807) is 11.8 Å². The zero-order valence-corrected chi connectivity index (χ0v) is 14.7. The van der Waals surface area contributed by atoms with Crippen LogP contribution in [-0.2, 0) is 11.3 Å². The monoisotopic (exact) mass is 334 g/mol. The van der Waals surface area contributed by atoms with Gasteiger partial charge in [0.15, 0.2) is 0 Å². The quantitative estimate of drug-likeness (QED) is 0.643. The average molecular weight is 334 g/mol. The molecule has 5 nitrogen and oxygen atoms in total. The predicted molar refractivity (Wildman–Crippen MR) is 102 cm³/mol. The minimum absolute atomic E-state index is 0.0251. The Kier molecular flexibility index (Phi) is 4.65. The summed E-state index contributed by atoms with van der Waals surface area (Å²) in [6, 6.07) is 15.7. The normalized spacial score (nSPS) is 17.2. The summed E-state index contributed by atoms with van der Waals surface area (Å²) < 4.78 is 0. The highest BCUT2D eigenvalue weighted by atomic mass is 16.2. The summed E-state index contributed by atoms with van der Waals surface area (Å²) in [5.74, 6) is 5.76. The Labute approximate surface area is 147 Å². The van der Waals surface area contributed by atoms with E-state index in [-0.39, 0.29) is 11.9 Å². The Balaban J connectivity index is 2.35. The number of benzene rings is 2. The molecule has 0 saturated heterocycles. The number of fused-ring (bicyclic) bond motifs is 2. The summed E-state index contributed by atoms with van der Waals surface area (Å²) in [5, 5.41) is 4.07. The number of nitrogens with zero attached hydrogens (tertiary/aromatic N) is 3. The van der Waals surface area contributed by atoms with Gasteiger partial charge in [0.05, 0.1) is 17.9 Å². The smallest absolute Gasteiger partial charge is 0.224 e. The number of hydrogen-bond donors (Lipinski definition) is 1. The Bertz CT molecular complexity index is 868. The van der Waals surface area contributed by atoms with Gasteiger partial charge in [-0.25, -0.2) is 0 Å². The van der Waals surface area contributed by atoms with Gasteiger partial charge in [-0.2, -0.15) is 5.10 Å². The SMILES string of the molecule is CC(=O)N1Cc2ccccc2C(=NC(C)C)/C(=N\N)c2ccccc21. The van der Waals surface area contributed by atoms with Crippen LogP contribution in [-0.4, -0.2) is 23.4 Å². The van der Waals surface area contributed by atoms with E-state index in [2.05, 4.69) is 5.10 Å². The molecule has 0 unspecified atom stereocenters. The third-order valence-electron chi connectivity index (χ3n) is 4.17. The predicted octanol–water partition coefficient (Wildman–Crippen LogP) is 3.11. The summed E-state index contributed by atoms with van der Waals surface area (Å²) in [4.78, 5) is 18.9. The zero-order chi connectivity index (χ0) is 18.0. The van der Waals surface area contributed by atoms with Crippen molar-refractivity contribution in [1.82, 2.24) is 0 Å². The van der Waals surface area contributed by atoms with Crippen LogP contribution >= 0.6 is 0 Å². The first kappa shape index (κ1) is 16.9. The number of nitrogens with two attached hydrogens (primary N) is 1. The Morgan fingerprint density at radius 1 is 1.04 bits per heavy atom. The largest absolute Gasteiger partial charge is 0.323 e. The lowest BCUT2D eigenvalue weighted by Gasteiger charge is -2.29. The zero-order valence-electron chi connectivity index (χ0n) is 14.7. The number of carbonyl (C=O) groups is 1. The van der Waals surface area contributed by atoms with Gasteiger partial charge in [-0.1, -0.05) is 42.5 Å². The van der Waals surface area contributed by atoms with Crippen molar-refractivity contribution >= 4 is 23.0 Å². The molecule has 25 heavy (non-hydrogen) atoms. The van der Waals surface area contributed by atoms with Crippen LogP contribution in [0.25, 0.3) is 0 Å². The summed E-state index contributed by atoms with van der Waals surface area (Å²) in [6.07, 6.45) is 0. The van der Waals surface area contributed by atoms with Gasteiger partial charge in [-0.05, 0) is 25.5 Å². The maximum absolute atomic E-state index is 12.3. The number of para-hydroxylation sites is 1. The molecule has 2 aromatic carbocycles. The summed E-state index contributed by atoms with van der Waals surface area (Å²) in [6.45, 7) is 6.10. The lowest BCUT2D eigenvalue weighted by molar-refractivity contribution is -0.116. The van der Waals surface area contributed by atoms with Gasteiger partial charge in [-0.3, -0.25) is 9.79 Å². The fourth-order valence-electron chi connectivity index (χ4n) is 3.11. The number of anilines is 1. The van der Waals surface area contributed by atoms with E-state index in [9.17, 15) is 4.79 Å². The Morgan fingerprint density at radius 2 is 1.68 bits per heavy atom. The van der Waals surface area contributed by atoms with Gasteiger partial charge in [0.1, 0.15) is 5.71 Å². The van der Waals surface area contributed by atoms with Crippen molar-refractivity contribution < 1.29 is 4.79 Å². The van der Waals surface area contributed by atoms with E-state index in [0.717, 1.165) is 28.1 Å². The van der Waals surface area contributed by atoms with E-state index in [1.807, 2.05) is 62.4 Å². The van der Waals surface area contributed by atoms with Crippen molar-refractivity contribution in [3.63, 3.8) is 0 Å². The first-order valence-corrected chi connectivity index (χ1v) is 8.34. The lowest BCUT2D eigenvalue weighted by Crippen LogP contribution is -2.34. The number of rotatable bonds is 1. The third kappa shape index (κ3) is 3.18. The maximum atomic E-state index is 12.3. The lowest BCUT2D eigenvalue weighted by atomic mass is 9.91. The molecule has 1 aliphatic rings.